The van der Waals surface area contributed by atoms with Crippen molar-refractivity contribution in [3.63, 3.8) is 0 Å². The summed E-state index contributed by atoms with van der Waals surface area (Å²) in [4.78, 5) is 26.4. The van der Waals surface area contributed by atoms with Gasteiger partial charge in [0.05, 0.1) is 16.1 Å². The molecule has 3 aromatic rings. The van der Waals surface area contributed by atoms with Crippen molar-refractivity contribution in [2.75, 3.05) is 32.8 Å². The van der Waals surface area contributed by atoms with Crippen LogP contribution in [0, 0.1) is 0 Å². The molecular formula is C22H22N4O5S. The van der Waals surface area contributed by atoms with Gasteiger partial charge in [0.2, 0.25) is 10.0 Å². The zero-order valence-corrected chi connectivity index (χ0v) is 18.0. The molecule has 166 valence electrons. The highest BCUT2D eigenvalue weighted by atomic mass is 32.2. The van der Waals surface area contributed by atoms with Crippen molar-refractivity contribution in [2.45, 2.75) is 4.90 Å². The lowest BCUT2D eigenvalue weighted by Crippen LogP contribution is -2.51. The third kappa shape index (κ3) is 4.71. The number of piperazine rings is 1. The number of hydrogen-bond donors (Lipinski definition) is 0. The zero-order chi connectivity index (χ0) is 22.6. The van der Waals surface area contributed by atoms with E-state index in [0.29, 0.717) is 5.56 Å². The van der Waals surface area contributed by atoms with E-state index >= 15 is 0 Å². The van der Waals surface area contributed by atoms with Crippen LogP contribution in [0.4, 0.5) is 0 Å². The summed E-state index contributed by atoms with van der Waals surface area (Å²) in [6.07, 6.45) is 3.45. The average Bonchev–Trinajstić information content (AvgIpc) is 3.38. The Hall–Kier alpha value is -3.50. The van der Waals surface area contributed by atoms with Crippen LogP contribution >= 0.6 is 0 Å². The Labute approximate surface area is 185 Å². The number of esters is 1. The van der Waals surface area contributed by atoms with Crippen LogP contribution in [0.2, 0.25) is 0 Å². The summed E-state index contributed by atoms with van der Waals surface area (Å²) in [6, 6.07) is 16.7. The van der Waals surface area contributed by atoms with E-state index in [1.165, 1.54) is 9.21 Å². The van der Waals surface area contributed by atoms with E-state index in [2.05, 4.69) is 5.10 Å². The maximum Gasteiger partial charge on any atom is 0.338 e. The highest BCUT2D eigenvalue weighted by Crippen LogP contribution is 2.17. The molecule has 0 N–H and O–H groups in total. The summed E-state index contributed by atoms with van der Waals surface area (Å²) in [5.74, 6) is -0.959. The van der Waals surface area contributed by atoms with Crippen molar-refractivity contribution in [3.05, 3.63) is 78.6 Å². The molecule has 0 bridgehead atoms. The van der Waals surface area contributed by atoms with Gasteiger partial charge in [0.15, 0.2) is 6.61 Å². The van der Waals surface area contributed by atoms with Gasteiger partial charge in [0.25, 0.3) is 5.91 Å². The van der Waals surface area contributed by atoms with Gasteiger partial charge in [-0.3, -0.25) is 4.79 Å². The molecular weight excluding hydrogens is 432 g/mol. The first kappa shape index (κ1) is 21.7. The number of rotatable bonds is 6. The van der Waals surface area contributed by atoms with Crippen molar-refractivity contribution in [2.24, 2.45) is 0 Å². The summed E-state index contributed by atoms with van der Waals surface area (Å²) < 4.78 is 33.5. The lowest BCUT2D eigenvalue weighted by molar-refractivity contribution is -0.135. The van der Waals surface area contributed by atoms with Gasteiger partial charge in [0.1, 0.15) is 0 Å². The molecule has 0 atom stereocenters. The molecule has 1 aliphatic rings. The number of nitrogens with zero attached hydrogens (tertiary/aromatic N) is 4. The molecule has 9 nitrogen and oxygen atoms in total. The Kier molecular flexibility index (Phi) is 6.33. The molecule has 32 heavy (non-hydrogen) atoms. The number of carbonyl (C=O) groups is 2. The van der Waals surface area contributed by atoms with E-state index in [4.69, 9.17) is 4.74 Å². The van der Waals surface area contributed by atoms with Gasteiger partial charge in [-0.2, -0.15) is 9.40 Å². The molecule has 1 aromatic heterocycles. The molecule has 2 heterocycles. The average molecular weight is 455 g/mol. The summed E-state index contributed by atoms with van der Waals surface area (Å²) >= 11 is 0. The van der Waals surface area contributed by atoms with Gasteiger partial charge in [-0.1, -0.05) is 18.2 Å². The minimum atomic E-state index is -3.59. The third-order valence-corrected chi connectivity index (χ3v) is 7.08. The van der Waals surface area contributed by atoms with Crippen molar-refractivity contribution >= 4 is 21.9 Å². The van der Waals surface area contributed by atoms with Gasteiger partial charge < -0.3 is 9.64 Å². The van der Waals surface area contributed by atoms with Crippen LogP contribution in [0.5, 0.6) is 0 Å². The molecule has 1 saturated heterocycles. The van der Waals surface area contributed by atoms with Gasteiger partial charge in [-0.15, -0.1) is 0 Å². The molecule has 1 aliphatic heterocycles. The number of sulfonamides is 1. The normalized spacial score (nSPS) is 14.8. The van der Waals surface area contributed by atoms with Gasteiger partial charge in [-0.05, 0) is 42.5 Å². The van der Waals surface area contributed by atoms with Crippen LogP contribution in [-0.4, -0.2) is 72.1 Å². The van der Waals surface area contributed by atoms with Crippen LogP contribution < -0.4 is 0 Å². The second-order valence-electron chi connectivity index (χ2n) is 7.17. The van der Waals surface area contributed by atoms with E-state index in [1.54, 1.807) is 77.7 Å². The maximum absolute atomic E-state index is 12.7. The third-order valence-electron chi connectivity index (χ3n) is 5.17. The molecule has 0 aliphatic carbocycles. The van der Waals surface area contributed by atoms with Crippen molar-refractivity contribution in [3.8, 4) is 5.69 Å². The zero-order valence-electron chi connectivity index (χ0n) is 17.2. The van der Waals surface area contributed by atoms with Crippen molar-refractivity contribution in [1.82, 2.24) is 19.0 Å². The Bertz CT molecular complexity index is 1170. The van der Waals surface area contributed by atoms with Crippen LogP contribution in [0.25, 0.3) is 5.69 Å². The predicted octanol–water partition coefficient (Wildman–Crippen LogP) is 1.56. The second kappa shape index (κ2) is 9.33. The van der Waals surface area contributed by atoms with Gasteiger partial charge in [-0.25, -0.2) is 17.9 Å². The molecule has 2 aromatic carbocycles. The van der Waals surface area contributed by atoms with Gasteiger partial charge >= 0.3 is 5.97 Å². The molecule has 0 unspecified atom stereocenters. The minimum Gasteiger partial charge on any atom is -0.452 e. The summed E-state index contributed by atoms with van der Waals surface area (Å²) in [5, 5.41) is 4.12. The molecule has 0 radical (unpaired) electrons. The second-order valence-corrected chi connectivity index (χ2v) is 9.11. The maximum atomic E-state index is 12.7. The number of ether oxygens (including phenoxy) is 1. The molecule has 0 saturated carbocycles. The van der Waals surface area contributed by atoms with Gasteiger partial charge in [0, 0.05) is 38.6 Å². The predicted molar refractivity (Wildman–Crippen MR) is 116 cm³/mol. The summed E-state index contributed by atoms with van der Waals surface area (Å²) in [6.45, 7) is 0.449. The smallest absolute Gasteiger partial charge is 0.338 e. The molecule has 0 spiro atoms. The first-order valence-electron chi connectivity index (χ1n) is 10.1. The van der Waals surface area contributed by atoms with E-state index < -0.39 is 22.6 Å². The minimum absolute atomic E-state index is 0.186. The van der Waals surface area contributed by atoms with E-state index in [1.807, 2.05) is 0 Å². The Balaban J connectivity index is 1.27. The van der Waals surface area contributed by atoms with E-state index in [9.17, 15) is 18.0 Å². The van der Waals surface area contributed by atoms with E-state index in [-0.39, 0.29) is 37.0 Å². The first-order valence-corrected chi connectivity index (χ1v) is 11.5. The monoisotopic (exact) mass is 454 g/mol. The highest BCUT2D eigenvalue weighted by molar-refractivity contribution is 7.89. The SMILES string of the molecule is O=C(OCC(=O)N1CCN(S(=O)(=O)c2ccccc2)CC1)c1ccc(-n2cccn2)cc1. The lowest BCUT2D eigenvalue weighted by atomic mass is 10.2. The lowest BCUT2D eigenvalue weighted by Gasteiger charge is -2.33. The molecule has 1 fully saturated rings. The van der Waals surface area contributed by atoms with Crippen LogP contribution in [0.1, 0.15) is 10.4 Å². The van der Waals surface area contributed by atoms with Crippen LogP contribution in [0.15, 0.2) is 78.0 Å². The van der Waals surface area contributed by atoms with Crippen LogP contribution in [-0.2, 0) is 19.6 Å². The Morgan fingerprint density at radius 3 is 2.22 bits per heavy atom. The van der Waals surface area contributed by atoms with Crippen molar-refractivity contribution < 1.29 is 22.7 Å². The fourth-order valence-electron chi connectivity index (χ4n) is 3.39. The number of hydrogen-bond acceptors (Lipinski definition) is 6. The number of aromatic nitrogens is 2. The number of carbonyl (C=O) groups excluding carboxylic acids is 2. The Morgan fingerprint density at radius 1 is 0.906 bits per heavy atom. The Morgan fingerprint density at radius 2 is 1.59 bits per heavy atom. The first-order chi connectivity index (χ1) is 15.4. The number of amides is 1. The standard InChI is InChI=1S/C22H22N4O5S/c27-21(17-31-22(28)18-7-9-19(10-8-18)26-12-4-11-23-26)24-13-15-25(16-14-24)32(29,30)20-5-2-1-3-6-20/h1-12H,13-17H2. The molecule has 10 heteroatoms. The summed E-state index contributed by atoms with van der Waals surface area (Å²) in [5.41, 5.74) is 1.12. The summed E-state index contributed by atoms with van der Waals surface area (Å²) in [7, 11) is -3.59. The highest BCUT2D eigenvalue weighted by Gasteiger charge is 2.30. The van der Waals surface area contributed by atoms with E-state index in [0.717, 1.165) is 5.69 Å². The fourth-order valence-corrected chi connectivity index (χ4v) is 4.84. The quantitative estimate of drug-likeness (QED) is 0.524. The molecule has 1 amide bonds. The largest absolute Gasteiger partial charge is 0.452 e. The topological polar surface area (TPSA) is 102 Å². The molecule has 4 rings (SSSR count). The number of benzene rings is 2. The fraction of sp³-hybridized carbons (Fsp3) is 0.227. The van der Waals surface area contributed by atoms with Crippen LogP contribution in [0.3, 0.4) is 0 Å². The van der Waals surface area contributed by atoms with Crippen molar-refractivity contribution in [1.29, 1.82) is 0 Å².